The van der Waals surface area contributed by atoms with Gasteiger partial charge in [-0.2, -0.15) is 0 Å². The molecule has 1 aliphatic heterocycles. The second-order valence-electron chi connectivity index (χ2n) is 7.56. The molecule has 1 heterocycles. The molecule has 0 atom stereocenters. The van der Waals surface area contributed by atoms with Crippen LogP contribution in [0.4, 0.5) is 5.69 Å². The van der Waals surface area contributed by atoms with Crippen LogP contribution in [0.2, 0.25) is 0 Å². The summed E-state index contributed by atoms with van der Waals surface area (Å²) < 4.78 is 0. The van der Waals surface area contributed by atoms with Crippen molar-refractivity contribution in [3.8, 4) is 0 Å². The highest BCUT2D eigenvalue weighted by Crippen LogP contribution is 2.23. The van der Waals surface area contributed by atoms with Gasteiger partial charge in [0.15, 0.2) is 0 Å². The number of hydrogen-bond donors (Lipinski definition) is 1. The number of carbonyl (C=O) groups excluding carboxylic acids is 2. The van der Waals surface area contributed by atoms with Crippen molar-refractivity contribution >= 4 is 17.5 Å². The molecule has 4 nitrogen and oxygen atoms in total. The highest BCUT2D eigenvalue weighted by Gasteiger charge is 2.28. The minimum absolute atomic E-state index is 0.0141. The van der Waals surface area contributed by atoms with Crippen LogP contribution >= 0.6 is 0 Å². The maximum absolute atomic E-state index is 12.8. The number of benzene rings is 2. The van der Waals surface area contributed by atoms with Crippen LogP contribution in [0.5, 0.6) is 0 Å². The van der Waals surface area contributed by atoms with Crippen LogP contribution in [0.15, 0.2) is 54.6 Å². The summed E-state index contributed by atoms with van der Waals surface area (Å²) in [5, 5.41) is 3.12. The molecule has 2 amide bonds. The van der Waals surface area contributed by atoms with Crippen molar-refractivity contribution in [2.75, 3.05) is 18.4 Å². The molecule has 27 heavy (non-hydrogen) atoms. The number of anilines is 1. The largest absolute Gasteiger partial charge is 0.342 e. The van der Waals surface area contributed by atoms with Crippen molar-refractivity contribution in [1.82, 2.24) is 4.90 Å². The normalized spacial score (nSPS) is 15.0. The fraction of sp³-hybridized carbons (Fsp3) is 0.391. The number of carbonyl (C=O) groups is 2. The van der Waals surface area contributed by atoms with Gasteiger partial charge >= 0.3 is 0 Å². The standard InChI is InChI=1S/C23H28N2O2/c1-17(2)23(27)25-14-12-19(13-15-25)22(26)24-21-11-7-6-10-20(21)16-18-8-4-3-5-9-18/h3-11,17,19H,12-16H2,1-2H3,(H,24,26). The number of piperidine rings is 1. The van der Waals surface area contributed by atoms with Crippen molar-refractivity contribution in [1.29, 1.82) is 0 Å². The van der Waals surface area contributed by atoms with Gasteiger partial charge < -0.3 is 10.2 Å². The van der Waals surface area contributed by atoms with E-state index < -0.39 is 0 Å². The molecule has 0 aliphatic carbocycles. The summed E-state index contributed by atoms with van der Waals surface area (Å²) in [6, 6.07) is 18.2. The number of rotatable bonds is 5. The topological polar surface area (TPSA) is 49.4 Å². The highest BCUT2D eigenvalue weighted by molar-refractivity contribution is 5.93. The second kappa shape index (κ2) is 8.85. The van der Waals surface area contributed by atoms with E-state index in [4.69, 9.17) is 0 Å². The number of likely N-dealkylation sites (tertiary alicyclic amines) is 1. The number of hydrogen-bond acceptors (Lipinski definition) is 2. The van der Waals surface area contributed by atoms with Crippen molar-refractivity contribution in [2.45, 2.75) is 33.1 Å². The molecule has 3 rings (SSSR count). The highest BCUT2D eigenvalue weighted by atomic mass is 16.2. The summed E-state index contributed by atoms with van der Waals surface area (Å²) in [4.78, 5) is 26.8. The molecule has 0 radical (unpaired) electrons. The monoisotopic (exact) mass is 364 g/mol. The first-order valence-corrected chi connectivity index (χ1v) is 9.76. The van der Waals surface area contributed by atoms with Gasteiger partial charge in [0.05, 0.1) is 0 Å². The Kier molecular flexibility index (Phi) is 6.28. The molecule has 1 N–H and O–H groups in total. The Morgan fingerprint density at radius 1 is 1.00 bits per heavy atom. The summed E-state index contributed by atoms with van der Waals surface area (Å²) >= 11 is 0. The average molecular weight is 364 g/mol. The zero-order valence-corrected chi connectivity index (χ0v) is 16.2. The van der Waals surface area contributed by atoms with Gasteiger partial charge in [-0.25, -0.2) is 0 Å². The maximum Gasteiger partial charge on any atom is 0.227 e. The number of nitrogens with one attached hydrogen (secondary N) is 1. The first kappa shape index (κ1) is 19.2. The fourth-order valence-corrected chi connectivity index (χ4v) is 3.57. The second-order valence-corrected chi connectivity index (χ2v) is 7.56. The predicted octanol–water partition coefficient (Wildman–Crippen LogP) is 4.11. The Morgan fingerprint density at radius 3 is 2.30 bits per heavy atom. The van der Waals surface area contributed by atoms with Gasteiger partial charge in [-0.05, 0) is 36.5 Å². The number of amides is 2. The van der Waals surface area contributed by atoms with Gasteiger partial charge in [-0.15, -0.1) is 0 Å². The van der Waals surface area contributed by atoms with E-state index in [0.717, 1.165) is 30.5 Å². The number of nitrogens with zero attached hydrogens (tertiary/aromatic N) is 1. The van der Waals surface area contributed by atoms with E-state index in [1.54, 1.807) is 0 Å². The SMILES string of the molecule is CC(C)C(=O)N1CCC(C(=O)Nc2ccccc2Cc2ccccc2)CC1. The van der Waals surface area contributed by atoms with Crippen LogP contribution in [0, 0.1) is 11.8 Å². The van der Waals surface area contributed by atoms with Gasteiger partial charge in [0.1, 0.15) is 0 Å². The molecule has 0 spiro atoms. The Balaban J connectivity index is 1.61. The lowest BCUT2D eigenvalue weighted by molar-refractivity contribution is -0.137. The molecule has 142 valence electrons. The average Bonchev–Trinajstić information content (AvgIpc) is 2.69. The van der Waals surface area contributed by atoms with Crippen molar-refractivity contribution < 1.29 is 9.59 Å². The van der Waals surface area contributed by atoms with Crippen molar-refractivity contribution in [2.24, 2.45) is 11.8 Å². The maximum atomic E-state index is 12.8. The molecule has 0 aromatic heterocycles. The lowest BCUT2D eigenvalue weighted by Gasteiger charge is -2.32. The lowest BCUT2D eigenvalue weighted by atomic mass is 9.94. The summed E-state index contributed by atoms with van der Waals surface area (Å²) in [6.07, 6.45) is 2.24. The quantitative estimate of drug-likeness (QED) is 0.868. The van der Waals surface area contributed by atoms with Crippen LogP contribution < -0.4 is 5.32 Å². The van der Waals surface area contributed by atoms with E-state index in [1.165, 1.54) is 5.56 Å². The summed E-state index contributed by atoms with van der Waals surface area (Å²) in [6.45, 7) is 5.18. The van der Waals surface area contributed by atoms with Gasteiger partial charge in [-0.3, -0.25) is 9.59 Å². The lowest BCUT2D eigenvalue weighted by Crippen LogP contribution is -2.43. The van der Waals surface area contributed by atoms with E-state index >= 15 is 0 Å². The van der Waals surface area contributed by atoms with Crippen LogP contribution in [-0.4, -0.2) is 29.8 Å². The summed E-state index contributed by atoms with van der Waals surface area (Å²) in [7, 11) is 0. The smallest absolute Gasteiger partial charge is 0.227 e. The van der Waals surface area contributed by atoms with E-state index in [1.807, 2.05) is 55.1 Å². The molecule has 4 heteroatoms. The zero-order valence-electron chi connectivity index (χ0n) is 16.2. The third kappa shape index (κ3) is 4.97. The van der Waals surface area contributed by atoms with Gasteiger partial charge in [0, 0.05) is 30.6 Å². The zero-order chi connectivity index (χ0) is 19.2. The Labute approximate surface area is 161 Å². The predicted molar refractivity (Wildman–Crippen MR) is 108 cm³/mol. The van der Waals surface area contributed by atoms with Gasteiger partial charge in [0.25, 0.3) is 0 Å². The molecule has 1 aliphatic rings. The Hall–Kier alpha value is -2.62. The van der Waals surface area contributed by atoms with E-state index in [0.29, 0.717) is 13.1 Å². The molecule has 0 saturated carbocycles. The molecule has 0 bridgehead atoms. The van der Waals surface area contributed by atoms with Crippen LogP contribution in [0.1, 0.15) is 37.8 Å². The minimum atomic E-state index is -0.0361. The molecular weight excluding hydrogens is 336 g/mol. The Morgan fingerprint density at radius 2 is 1.63 bits per heavy atom. The third-order valence-corrected chi connectivity index (χ3v) is 5.18. The van der Waals surface area contributed by atoms with Crippen LogP contribution in [-0.2, 0) is 16.0 Å². The molecule has 0 unspecified atom stereocenters. The van der Waals surface area contributed by atoms with Gasteiger partial charge in [-0.1, -0.05) is 62.4 Å². The van der Waals surface area contributed by atoms with Crippen LogP contribution in [0.25, 0.3) is 0 Å². The molecule has 1 fully saturated rings. The van der Waals surface area contributed by atoms with E-state index in [2.05, 4.69) is 23.5 Å². The first-order chi connectivity index (χ1) is 13.0. The number of para-hydroxylation sites is 1. The fourth-order valence-electron chi connectivity index (χ4n) is 3.57. The van der Waals surface area contributed by atoms with E-state index in [9.17, 15) is 9.59 Å². The molecular formula is C23H28N2O2. The molecule has 1 saturated heterocycles. The first-order valence-electron chi connectivity index (χ1n) is 9.76. The minimum Gasteiger partial charge on any atom is -0.342 e. The Bertz CT molecular complexity index is 778. The summed E-state index contributed by atoms with van der Waals surface area (Å²) in [5.41, 5.74) is 3.22. The van der Waals surface area contributed by atoms with Crippen molar-refractivity contribution in [3.63, 3.8) is 0 Å². The van der Waals surface area contributed by atoms with Crippen LogP contribution in [0.3, 0.4) is 0 Å². The molecule has 2 aromatic carbocycles. The van der Waals surface area contributed by atoms with Crippen molar-refractivity contribution in [3.05, 3.63) is 65.7 Å². The summed E-state index contributed by atoms with van der Waals surface area (Å²) in [5.74, 6) is 0.223. The van der Waals surface area contributed by atoms with Gasteiger partial charge in [0.2, 0.25) is 11.8 Å². The van der Waals surface area contributed by atoms with E-state index in [-0.39, 0.29) is 23.7 Å². The molecule has 2 aromatic rings. The third-order valence-electron chi connectivity index (χ3n) is 5.18.